The van der Waals surface area contributed by atoms with E-state index >= 15 is 0 Å². The fourth-order valence-corrected chi connectivity index (χ4v) is 2.52. The maximum absolute atomic E-state index is 11.1. The van der Waals surface area contributed by atoms with Crippen molar-refractivity contribution in [3.8, 4) is 5.75 Å². The third-order valence-electron chi connectivity index (χ3n) is 2.56. The molecule has 0 saturated heterocycles. The van der Waals surface area contributed by atoms with Crippen LogP contribution in [0.25, 0.3) is 0 Å². The van der Waals surface area contributed by atoms with Crippen LogP contribution in [-0.2, 0) is 24.4 Å². The molecule has 2 aromatic heterocycles. The van der Waals surface area contributed by atoms with E-state index < -0.39 is 5.97 Å². The molecule has 7 heteroatoms. The Labute approximate surface area is 119 Å². The molecule has 0 aromatic carbocycles. The Morgan fingerprint density at radius 1 is 1.45 bits per heavy atom. The van der Waals surface area contributed by atoms with Crippen LogP contribution in [0.2, 0.25) is 0 Å². The van der Waals surface area contributed by atoms with Crippen LogP contribution in [0.15, 0.2) is 16.7 Å². The van der Waals surface area contributed by atoms with E-state index in [1.54, 1.807) is 19.2 Å². The number of hydrogen-bond donors (Lipinski definition) is 1. The van der Waals surface area contributed by atoms with Crippen molar-refractivity contribution < 1.29 is 23.9 Å². The number of hydrogen-bond acceptors (Lipinski definition) is 6. The molecule has 0 aliphatic heterocycles. The fraction of sp³-hybridized carbons (Fsp3) is 0.385. The Kier molecular flexibility index (Phi) is 4.75. The van der Waals surface area contributed by atoms with Crippen molar-refractivity contribution in [2.24, 2.45) is 0 Å². The zero-order valence-corrected chi connectivity index (χ0v) is 12.0. The molecule has 2 heterocycles. The first-order valence-corrected chi connectivity index (χ1v) is 6.87. The van der Waals surface area contributed by atoms with Crippen LogP contribution in [-0.4, -0.2) is 23.3 Å². The predicted molar refractivity (Wildman–Crippen MR) is 72.2 cm³/mol. The number of methoxy groups -OCH3 is 1. The van der Waals surface area contributed by atoms with Gasteiger partial charge in [-0.25, -0.2) is 4.79 Å². The van der Waals surface area contributed by atoms with Crippen molar-refractivity contribution in [3.05, 3.63) is 33.3 Å². The second-order valence-corrected chi connectivity index (χ2v) is 5.21. The van der Waals surface area contributed by atoms with Crippen molar-refractivity contribution in [1.29, 1.82) is 0 Å². The van der Waals surface area contributed by atoms with E-state index in [1.807, 2.05) is 6.92 Å². The van der Waals surface area contributed by atoms with Crippen molar-refractivity contribution in [1.82, 2.24) is 5.16 Å². The van der Waals surface area contributed by atoms with Crippen molar-refractivity contribution >= 4 is 17.3 Å². The minimum atomic E-state index is -0.982. The maximum atomic E-state index is 11.1. The molecule has 1 N–H and O–H groups in total. The van der Waals surface area contributed by atoms with E-state index in [4.69, 9.17) is 19.1 Å². The number of thiophene rings is 1. The van der Waals surface area contributed by atoms with Gasteiger partial charge in [0, 0.05) is 18.1 Å². The lowest BCUT2D eigenvalue weighted by atomic mass is 10.3. The number of aromatic carboxylic acids is 1. The van der Waals surface area contributed by atoms with Crippen LogP contribution in [0.1, 0.15) is 32.9 Å². The highest BCUT2D eigenvalue weighted by molar-refractivity contribution is 7.14. The monoisotopic (exact) mass is 297 g/mol. The predicted octanol–water partition coefficient (Wildman–Crippen LogP) is 2.72. The molecule has 0 atom stereocenters. The van der Waals surface area contributed by atoms with Gasteiger partial charge in [-0.2, -0.15) is 0 Å². The third kappa shape index (κ3) is 3.37. The second kappa shape index (κ2) is 6.53. The first kappa shape index (κ1) is 14.5. The SMILES string of the molecule is CCc1cc(OCc2cc(COC)on2)c(C(=O)O)s1. The van der Waals surface area contributed by atoms with Gasteiger partial charge in [0.25, 0.3) is 0 Å². The van der Waals surface area contributed by atoms with Gasteiger partial charge < -0.3 is 19.1 Å². The topological polar surface area (TPSA) is 81.8 Å². The second-order valence-electron chi connectivity index (χ2n) is 4.07. The summed E-state index contributed by atoms with van der Waals surface area (Å²) in [6.07, 6.45) is 0.774. The van der Waals surface area contributed by atoms with Crippen LogP contribution >= 0.6 is 11.3 Å². The summed E-state index contributed by atoms with van der Waals surface area (Å²) < 4.78 is 15.5. The number of aromatic nitrogens is 1. The number of aryl methyl sites for hydroxylation is 1. The van der Waals surface area contributed by atoms with Gasteiger partial charge in [-0.15, -0.1) is 11.3 Å². The Morgan fingerprint density at radius 3 is 2.90 bits per heavy atom. The van der Waals surface area contributed by atoms with Crippen LogP contribution in [0.3, 0.4) is 0 Å². The molecule has 0 saturated carbocycles. The molecule has 0 bridgehead atoms. The zero-order valence-electron chi connectivity index (χ0n) is 11.2. The first-order valence-electron chi connectivity index (χ1n) is 6.06. The molecule has 0 aliphatic carbocycles. The largest absolute Gasteiger partial charge is 0.485 e. The molecule has 6 nitrogen and oxygen atoms in total. The lowest BCUT2D eigenvalue weighted by Crippen LogP contribution is -2.00. The van der Waals surface area contributed by atoms with Crippen LogP contribution in [0.5, 0.6) is 5.75 Å². The molecule has 108 valence electrons. The molecule has 0 aliphatic rings. The van der Waals surface area contributed by atoms with Crippen molar-refractivity contribution in [2.45, 2.75) is 26.6 Å². The summed E-state index contributed by atoms with van der Waals surface area (Å²) in [5, 5.41) is 13.0. The number of nitrogens with zero attached hydrogens (tertiary/aromatic N) is 1. The first-order chi connectivity index (χ1) is 9.63. The molecule has 0 radical (unpaired) electrons. The van der Waals surface area contributed by atoms with E-state index in [0.717, 1.165) is 11.3 Å². The lowest BCUT2D eigenvalue weighted by Gasteiger charge is -2.01. The van der Waals surface area contributed by atoms with Crippen LogP contribution < -0.4 is 4.74 Å². The Morgan fingerprint density at radius 2 is 2.25 bits per heavy atom. The van der Waals surface area contributed by atoms with Gasteiger partial charge >= 0.3 is 5.97 Å². The highest BCUT2D eigenvalue weighted by Crippen LogP contribution is 2.30. The van der Waals surface area contributed by atoms with E-state index in [-0.39, 0.29) is 11.5 Å². The minimum absolute atomic E-state index is 0.160. The van der Waals surface area contributed by atoms with Gasteiger partial charge in [0.15, 0.2) is 10.6 Å². The molecule has 0 unspecified atom stereocenters. The molecule has 0 amide bonds. The van der Waals surface area contributed by atoms with Crippen molar-refractivity contribution in [3.63, 3.8) is 0 Å². The maximum Gasteiger partial charge on any atom is 0.349 e. The molecule has 20 heavy (non-hydrogen) atoms. The van der Waals surface area contributed by atoms with E-state index in [1.165, 1.54) is 11.3 Å². The fourth-order valence-electron chi connectivity index (χ4n) is 1.64. The summed E-state index contributed by atoms with van der Waals surface area (Å²) >= 11 is 1.23. The molecular weight excluding hydrogens is 282 g/mol. The van der Waals surface area contributed by atoms with Crippen LogP contribution in [0.4, 0.5) is 0 Å². The van der Waals surface area contributed by atoms with Gasteiger partial charge in [-0.3, -0.25) is 0 Å². The summed E-state index contributed by atoms with van der Waals surface area (Å²) in [4.78, 5) is 12.3. The van der Waals surface area contributed by atoms with Gasteiger partial charge in [0.1, 0.15) is 24.7 Å². The standard InChI is InChI=1S/C13H15NO5S/c1-3-10-5-11(12(20-10)13(15)16)18-6-8-4-9(7-17-2)19-14-8/h4-5H,3,6-7H2,1-2H3,(H,15,16). The van der Waals surface area contributed by atoms with Crippen molar-refractivity contribution in [2.75, 3.05) is 7.11 Å². The highest BCUT2D eigenvalue weighted by Gasteiger charge is 2.17. The van der Waals surface area contributed by atoms with E-state index in [0.29, 0.717) is 23.8 Å². The van der Waals surface area contributed by atoms with Crippen LogP contribution in [0, 0.1) is 0 Å². The number of carboxylic acid groups (broad SMARTS) is 1. The number of carbonyl (C=O) groups is 1. The molecule has 2 rings (SSSR count). The molecule has 0 fully saturated rings. The molecule has 2 aromatic rings. The molecular formula is C13H15NO5S. The Hall–Kier alpha value is -1.86. The Bertz CT molecular complexity index is 589. The summed E-state index contributed by atoms with van der Waals surface area (Å²) in [5.41, 5.74) is 0.595. The van der Waals surface area contributed by atoms with Gasteiger partial charge in [0.2, 0.25) is 0 Å². The quantitative estimate of drug-likeness (QED) is 0.846. The number of carboxylic acids is 1. The van der Waals surface area contributed by atoms with Gasteiger partial charge in [-0.05, 0) is 12.5 Å². The van der Waals surface area contributed by atoms with Gasteiger partial charge in [0.05, 0.1) is 0 Å². The number of ether oxygens (including phenoxy) is 2. The highest BCUT2D eigenvalue weighted by atomic mass is 32.1. The summed E-state index contributed by atoms with van der Waals surface area (Å²) in [6, 6.07) is 3.47. The van der Waals surface area contributed by atoms with Gasteiger partial charge in [-0.1, -0.05) is 12.1 Å². The lowest BCUT2D eigenvalue weighted by molar-refractivity contribution is 0.0697. The normalized spacial score (nSPS) is 10.7. The summed E-state index contributed by atoms with van der Waals surface area (Å²) in [6.45, 7) is 2.47. The average Bonchev–Trinajstić information content (AvgIpc) is 3.03. The Balaban J connectivity index is 2.05. The summed E-state index contributed by atoms with van der Waals surface area (Å²) in [7, 11) is 1.56. The zero-order chi connectivity index (χ0) is 14.5. The smallest absolute Gasteiger partial charge is 0.349 e. The molecule has 0 spiro atoms. The van der Waals surface area contributed by atoms with E-state index in [2.05, 4.69) is 5.16 Å². The number of rotatable bonds is 7. The average molecular weight is 297 g/mol. The summed E-state index contributed by atoms with van der Waals surface area (Å²) in [5.74, 6) is -0.00955. The van der Waals surface area contributed by atoms with E-state index in [9.17, 15) is 4.79 Å². The minimum Gasteiger partial charge on any atom is -0.485 e. The third-order valence-corrected chi connectivity index (χ3v) is 3.81.